The zero-order valence-electron chi connectivity index (χ0n) is 18.1. The largest absolute Gasteiger partial charge is 0.345 e. The van der Waals surface area contributed by atoms with Crippen LogP contribution < -0.4 is 10.6 Å². The number of hydrogen-bond acceptors (Lipinski definition) is 2. The highest BCUT2D eigenvalue weighted by Gasteiger charge is 2.22. The topological polar surface area (TPSA) is 58.2 Å². The second-order valence-corrected chi connectivity index (χ2v) is 7.68. The van der Waals surface area contributed by atoms with Gasteiger partial charge in [-0.1, -0.05) is 90.5 Å². The second kappa shape index (κ2) is 10.4. The van der Waals surface area contributed by atoms with Gasteiger partial charge < -0.3 is 10.6 Å². The molecule has 31 heavy (non-hydrogen) atoms. The van der Waals surface area contributed by atoms with E-state index in [1.165, 1.54) is 0 Å². The number of aryl methyl sites for hydroxylation is 1. The van der Waals surface area contributed by atoms with Crippen LogP contribution in [0.25, 0.3) is 6.08 Å². The Hall–Kier alpha value is -3.66. The van der Waals surface area contributed by atoms with Crippen molar-refractivity contribution in [3.05, 3.63) is 113 Å². The van der Waals surface area contributed by atoms with E-state index < -0.39 is 11.8 Å². The molecule has 2 atom stereocenters. The number of hydrogen-bond donors (Lipinski definition) is 2. The molecule has 3 rings (SSSR count). The molecule has 3 aromatic rings. The fraction of sp³-hybridized carbons (Fsp3) is 0.185. The van der Waals surface area contributed by atoms with Gasteiger partial charge in [-0.25, -0.2) is 0 Å². The number of carbonyl (C=O) groups excluding carboxylic acids is 2. The van der Waals surface area contributed by atoms with E-state index in [0.717, 1.165) is 22.3 Å². The Balaban J connectivity index is 1.85. The predicted octanol–water partition coefficient (Wildman–Crippen LogP) is 5.13. The van der Waals surface area contributed by atoms with E-state index in [0.29, 0.717) is 0 Å². The molecule has 0 bridgehead atoms. The Morgan fingerprint density at radius 1 is 0.710 bits per heavy atom. The van der Waals surface area contributed by atoms with E-state index >= 15 is 0 Å². The maximum Gasteiger partial charge on any atom is 0.257 e. The molecule has 4 heteroatoms. The van der Waals surface area contributed by atoms with Crippen molar-refractivity contribution in [3.8, 4) is 0 Å². The standard InChI is InChI=1S/C27H28N2O2/c1-19-11-10-12-22(17-19)18-25(26(30)28-20(2)23-13-6-4-7-14-23)27(31)29-21(3)24-15-8-5-9-16-24/h4-18,20-21H,1-3H3,(H,28,30)(H,29,31)/t20-,21-/m0/s1. The molecule has 0 aliphatic rings. The summed E-state index contributed by atoms with van der Waals surface area (Å²) < 4.78 is 0. The summed E-state index contributed by atoms with van der Waals surface area (Å²) >= 11 is 0. The lowest BCUT2D eigenvalue weighted by Crippen LogP contribution is -2.36. The van der Waals surface area contributed by atoms with Crippen molar-refractivity contribution in [2.24, 2.45) is 0 Å². The zero-order chi connectivity index (χ0) is 22.2. The van der Waals surface area contributed by atoms with Gasteiger partial charge in [-0.05, 0) is 43.5 Å². The summed E-state index contributed by atoms with van der Waals surface area (Å²) in [7, 11) is 0. The van der Waals surface area contributed by atoms with Crippen molar-refractivity contribution < 1.29 is 9.59 Å². The van der Waals surface area contributed by atoms with Gasteiger partial charge in [0.05, 0.1) is 12.1 Å². The quantitative estimate of drug-likeness (QED) is 0.321. The number of benzene rings is 3. The Kier molecular flexibility index (Phi) is 7.39. The molecular weight excluding hydrogens is 384 g/mol. The second-order valence-electron chi connectivity index (χ2n) is 7.68. The van der Waals surface area contributed by atoms with E-state index in [4.69, 9.17) is 0 Å². The molecule has 0 saturated carbocycles. The van der Waals surface area contributed by atoms with E-state index in [2.05, 4.69) is 10.6 Å². The van der Waals surface area contributed by atoms with Crippen LogP contribution in [0.2, 0.25) is 0 Å². The van der Waals surface area contributed by atoms with Crippen LogP contribution in [0, 0.1) is 6.92 Å². The molecule has 2 N–H and O–H groups in total. The highest BCUT2D eigenvalue weighted by atomic mass is 16.2. The molecule has 0 spiro atoms. The molecule has 2 amide bonds. The SMILES string of the molecule is Cc1cccc(C=C(C(=O)N[C@@H](C)c2ccccc2)C(=O)N[C@@H](C)c2ccccc2)c1. The monoisotopic (exact) mass is 412 g/mol. The molecule has 0 aliphatic carbocycles. The molecular formula is C27H28N2O2. The maximum atomic E-state index is 13.1. The molecule has 0 radical (unpaired) electrons. The summed E-state index contributed by atoms with van der Waals surface area (Å²) in [5.74, 6) is -0.814. The first-order valence-corrected chi connectivity index (χ1v) is 10.4. The fourth-order valence-corrected chi connectivity index (χ4v) is 3.36. The van der Waals surface area contributed by atoms with Crippen LogP contribution >= 0.6 is 0 Å². The summed E-state index contributed by atoms with van der Waals surface area (Å²) in [6, 6.07) is 26.6. The molecule has 3 aromatic carbocycles. The number of rotatable bonds is 7. The highest BCUT2D eigenvalue weighted by Crippen LogP contribution is 2.17. The van der Waals surface area contributed by atoms with Crippen molar-refractivity contribution in [2.75, 3.05) is 0 Å². The van der Waals surface area contributed by atoms with Crippen LogP contribution in [-0.2, 0) is 9.59 Å². The zero-order valence-corrected chi connectivity index (χ0v) is 18.1. The van der Waals surface area contributed by atoms with Crippen molar-refractivity contribution in [2.45, 2.75) is 32.9 Å². The lowest BCUT2D eigenvalue weighted by molar-refractivity contribution is -0.124. The van der Waals surface area contributed by atoms with Gasteiger partial charge in [0.15, 0.2) is 0 Å². The van der Waals surface area contributed by atoms with E-state index in [1.807, 2.05) is 106 Å². The first kappa shape index (κ1) is 22.0. The van der Waals surface area contributed by atoms with Crippen molar-refractivity contribution in [1.82, 2.24) is 10.6 Å². The van der Waals surface area contributed by atoms with E-state index in [-0.39, 0.29) is 17.7 Å². The lowest BCUT2D eigenvalue weighted by Gasteiger charge is -2.18. The minimum absolute atomic E-state index is 0.0798. The van der Waals surface area contributed by atoms with E-state index in [1.54, 1.807) is 6.08 Å². The first-order valence-electron chi connectivity index (χ1n) is 10.4. The number of nitrogens with one attached hydrogen (secondary N) is 2. The summed E-state index contributed by atoms with van der Waals surface area (Å²) in [4.78, 5) is 26.3. The molecule has 158 valence electrons. The number of carbonyl (C=O) groups is 2. The van der Waals surface area contributed by atoms with Crippen LogP contribution in [0.3, 0.4) is 0 Å². The Labute approximate surface area is 184 Å². The van der Waals surface area contributed by atoms with Crippen molar-refractivity contribution >= 4 is 17.9 Å². The van der Waals surface area contributed by atoms with E-state index in [9.17, 15) is 9.59 Å². The van der Waals surface area contributed by atoms with Gasteiger partial charge in [0.25, 0.3) is 11.8 Å². The summed E-state index contributed by atoms with van der Waals surface area (Å²) in [6.07, 6.45) is 1.65. The van der Waals surface area contributed by atoms with Gasteiger partial charge in [-0.15, -0.1) is 0 Å². The van der Waals surface area contributed by atoms with Crippen LogP contribution in [0.4, 0.5) is 0 Å². The van der Waals surface area contributed by atoms with Crippen molar-refractivity contribution in [1.29, 1.82) is 0 Å². The van der Waals surface area contributed by atoms with Crippen LogP contribution in [-0.4, -0.2) is 11.8 Å². The molecule has 0 aliphatic heterocycles. The third kappa shape index (κ3) is 6.16. The summed E-state index contributed by atoms with van der Waals surface area (Å²) in [6.45, 7) is 5.79. The van der Waals surface area contributed by atoms with Gasteiger partial charge in [0.2, 0.25) is 0 Å². The minimum Gasteiger partial charge on any atom is -0.345 e. The molecule has 0 saturated heterocycles. The summed E-state index contributed by atoms with van der Waals surface area (Å²) in [5, 5.41) is 5.91. The van der Waals surface area contributed by atoms with Gasteiger partial charge in [-0.2, -0.15) is 0 Å². The van der Waals surface area contributed by atoms with Crippen molar-refractivity contribution in [3.63, 3.8) is 0 Å². The summed E-state index contributed by atoms with van der Waals surface area (Å²) in [5.41, 5.74) is 3.90. The minimum atomic E-state index is -0.407. The van der Waals surface area contributed by atoms with Crippen LogP contribution in [0.1, 0.15) is 48.2 Å². The van der Waals surface area contributed by atoms with Gasteiger partial charge >= 0.3 is 0 Å². The Bertz CT molecular complexity index is 997. The van der Waals surface area contributed by atoms with Gasteiger partial charge in [0.1, 0.15) is 5.57 Å². The molecule has 0 fully saturated rings. The van der Waals surface area contributed by atoms with Crippen LogP contribution in [0.15, 0.2) is 90.5 Å². The van der Waals surface area contributed by atoms with Gasteiger partial charge in [0, 0.05) is 0 Å². The maximum absolute atomic E-state index is 13.1. The molecule has 0 unspecified atom stereocenters. The first-order chi connectivity index (χ1) is 14.9. The number of amides is 2. The average molecular weight is 413 g/mol. The van der Waals surface area contributed by atoms with Crippen LogP contribution in [0.5, 0.6) is 0 Å². The molecule has 0 aromatic heterocycles. The third-order valence-electron chi connectivity index (χ3n) is 5.14. The molecule has 0 heterocycles. The molecule has 4 nitrogen and oxygen atoms in total. The normalized spacial score (nSPS) is 12.4. The average Bonchev–Trinajstić information content (AvgIpc) is 2.78. The Morgan fingerprint density at radius 3 is 1.65 bits per heavy atom. The Morgan fingerprint density at radius 2 is 1.19 bits per heavy atom. The predicted molar refractivity (Wildman–Crippen MR) is 125 cm³/mol. The highest BCUT2D eigenvalue weighted by molar-refractivity contribution is 6.21. The lowest BCUT2D eigenvalue weighted by atomic mass is 10.0. The third-order valence-corrected chi connectivity index (χ3v) is 5.14. The fourth-order valence-electron chi connectivity index (χ4n) is 3.36. The smallest absolute Gasteiger partial charge is 0.257 e. The van der Waals surface area contributed by atoms with Gasteiger partial charge in [-0.3, -0.25) is 9.59 Å².